The first-order valence-corrected chi connectivity index (χ1v) is 7.11. The van der Waals surface area contributed by atoms with Crippen molar-refractivity contribution < 1.29 is 19.4 Å². The van der Waals surface area contributed by atoms with Crippen LogP contribution in [0.15, 0.2) is 24.3 Å². The van der Waals surface area contributed by atoms with E-state index in [-0.39, 0.29) is 12.8 Å². The zero-order valence-electron chi connectivity index (χ0n) is 12.5. The van der Waals surface area contributed by atoms with Crippen LogP contribution in [-0.2, 0) is 9.59 Å². The molecule has 21 heavy (non-hydrogen) atoms. The average molecular weight is 293 g/mol. The van der Waals surface area contributed by atoms with Crippen molar-refractivity contribution in [2.45, 2.75) is 39.0 Å². The molecule has 5 nitrogen and oxygen atoms in total. The topological polar surface area (TPSA) is 89.6 Å². The molecular formula is C16H23NO4. The van der Waals surface area contributed by atoms with Crippen LogP contribution in [-0.4, -0.2) is 23.6 Å². The summed E-state index contributed by atoms with van der Waals surface area (Å²) in [5.41, 5.74) is 5.96. The second kappa shape index (κ2) is 8.29. The Kier molecular flexibility index (Phi) is 6.72. The highest BCUT2D eigenvalue weighted by Crippen LogP contribution is 2.25. The van der Waals surface area contributed by atoms with Crippen LogP contribution in [0.1, 0.15) is 44.6 Å². The van der Waals surface area contributed by atoms with Gasteiger partial charge in [0, 0.05) is 12.3 Å². The molecule has 0 aliphatic heterocycles. The standard InChI is InChI=1S/C16H23NO4/c1-11(2)7-8-21-14-5-3-12(4-6-14)13(9-15(17)18)10-16(19)20/h3-6,11,13H,7-10H2,1-2H3,(H2,17,18)(H,19,20)/t13-/m0/s1. The van der Waals surface area contributed by atoms with Crippen molar-refractivity contribution >= 4 is 11.9 Å². The zero-order valence-corrected chi connectivity index (χ0v) is 12.5. The van der Waals surface area contributed by atoms with Crippen molar-refractivity contribution in [3.05, 3.63) is 29.8 Å². The van der Waals surface area contributed by atoms with Gasteiger partial charge in [-0.05, 0) is 30.0 Å². The predicted molar refractivity (Wildman–Crippen MR) is 80.2 cm³/mol. The summed E-state index contributed by atoms with van der Waals surface area (Å²) in [6.07, 6.45) is 0.890. The minimum absolute atomic E-state index is 0.0276. The molecule has 0 fully saturated rings. The third-order valence-electron chi connectivity index (χ3n) is 3.18. The van der Waals surface area contributed by atoms with E-state index in [9.17, 15) is 9.59 Å². The largest absolute Gasteiger partial charge is 0.494 e. The molecule has 0 saturated carbocycles. The first kappa shape index (κ1) is 17.0. The van der Waals surface area contributed by atoms with Crippen LogP contribution in [0.2, 0.25) is 0 Å². The Bertz CT molecular complexity index is 452. The van der Waals surface area contributed by atoms with Gasteiger partial charge in [0.1, 0.15) is 5.75 Å². The third kappa shape index (κ3) is 6.79. The molecule has 1 atom stereocenters. The maximum absolute atomic E-state index is 11.0. The van der Waals surface area contributed by atoms with Gasteiger partial charge in [0.25, 0.3) is 0 Å². The van der Waals surface area contributed by atoms with Gasteiger partial charge in [-0.2, -0.15) is 0 Å². The second-order valence-corrected chi connectivity index (χ2v) is 5.57. The minimum atomic E-state index is -0.946. The van der Waals surface area contributed by atoms with Gasteiger partial charge in [-0.15, -0.1) is 0 Å². The number of hydrogen-bond acceptors (Lipinski definition) is 3. The van der Waals surface area contributed by atoms with Gasteiger partial charge in [0.05, 0.1) is 13.0 Å². The molecule has 5 heteroatoms. The van der Waals surface area contributed by atoms with Gasteiger partial charge >= 0.3 is 5.97 Å². The number of amides is 1. The number of hydrogen-bond donors (Lipinski definition) is 2. The van der Waals surface area contributed by atoms with Crippen LogP contribution in [0.5, 0.6) is 5.75 Å². The summed E-state index contributed by atoms with van der Waals surface area (Å²) in [5, 5.41) is 8.90. The summed E-state index contributed by atoms with van der Waals surface area (Å²) >= 11 is 0. The molecular weight excluding hydrogens is 270 g/mol. The van der Waals surface area contributed by atoms with Gasteiger partial charge < -0.3 is 15.6 Å². The second-order valence-electron chi connectivity index (χ2n) is 5.57. The van der Waals surface area contributed by atoms with Crippen LogP contribution < -0.4 is 10.5 Å². The first-order valence-electron chi connectivity index (χ1n) is 7.11. The molecule has 1 rings (SSSR count). The van der Waals surface area contributed by atoms with Crippen LogP contribution in [0, 0.1) is 5.92 Å². The van der Waals surface area contributed by atoms with Crippen molar-refractivity contribution in [1.29, 1.82) is 0 Å². The number of primary amides is 1. The van der Waals surface area contributed by atoms with Crippen molar-refractivity contribution in [2.24, 2.45) is 11.7 Å². The van der Waals surface area contributed by atoms with Gasteiger partial charge in [0.15, 0.2) is 0 Å². The first-order chi connectivity index (χ1) is 9.88. The fraction of sp³-hybridized carbons (Fsp3) is 0.500. The molecule has 116 valence electrons. The Morgan fingerprint density at radius 2 is 1.81 bits per heavy atom. The van der Waals surface area contributed by atoms with Crippen LogP contribution >= 0.6 is 0 Å². The van der Waals surface area contributed by atoms with E-state index in [0.717, 1.165) is 17.7 Å². The Morgan fingerprint density at radius 3 is 2.29 bits per heavy atom. The van der Waals surface area contributed by atoms with Gasteiger partial charge in [-0.3, -0.25) is 9.59 Å². The Labute approximate surface area is 125 Å². The number of carbonyl (C=O) groups is 2. The molecule has 0 saturated heterocycles. The van der Waals surface area contributed by atoms with Crippen LogP contribution in [0.3, 0.4) is 0 Å². The van der Waals surface area contributed by atoms with E-state index < -0.39 is 17.8 Å². The van der Waals surface area contributed by atoms with Gasteiger partial charge in [0.2, 0.25) is 5.91 Å². The normalized spacial score (nSPS) is 12.1. The smallest absolute Gasteiger partial charge is 0.303 e. The number of carbonyl (C=O) groups excluding carboxylic acids is 1. The lowest BCUT2D eigenvalue weighted by Crippen LogP contribution is -2.17. The van der Waals surface area contributed by atoms with Crippen LogP contribution in [0.4, 0.5) is 0 Å². The maximum Gasteiger partial charge on any atom is 0.303 e. The van der Waals surface area contributed by atoms with Gasteiger partial charge in [-0.25, -0.2) is 0 Å². The zero-order chi connectivity index (χ0) is 15.8. The Balaban J connectivity index is 2.68. The number of carboxylic acid groups (broad SMARTS) is 1. The molecule has 1 aromatic rings. The molecule has 0 bridgehead atoms. The van der Waals surface area contributed by atoms with Crippen molar-refractivity contribution in [3.63, 3.8) is 0 Å². The quantitative estimate of drug-likeness (QED) is 0.732. The van der Waals surface area contributed by atoms with Crippen LogP contribution in [0.25, 0.3) is 0 Å². The Morgan fingerprint density at radius 1 is 1.19 bits per heavy atom. The Hall–Kier alpha value is -2.04. The monoisotopic (exact) mass is 293 g/mol. The lowest BCUT2D eigenvalue weighted by Gasteiger charge is -2.14. The summed E-state index contributed by atoms with van der Waals surface area (Å²) in [6.45, 7) is 4.91. The minimum Gasteiger partial charge on any atom is -0.494 e. The summed E-state index contributed by atoms with van der Waals surface area (Å²) < 4.78 is 5.61. The fourth-order valence-electron chi connectivity index (χ4n) is 2.01. The highest BCUT2D eigenvalue weighted by Gasteiger charge is 2.18. The summed E-state index contributed by atoms with van der Waals surface area (Å²) in [4.78, 5) is 21.9. The number of aliphatic carboxylic acids is 1. The number of nitrogens with two attached hydrogens (primary N) is 1. The molecule has 1 amide bonds. The predicted octanol–water partition coefficient (Wildman–Crippen LogP) is 2.55. The molecule has 0 heterocycles. The molecule has 1 aromatic carbocycles. The third-order valence-corrected chi connectivity index (χ3v) is 3.18. The van der Waals surface area contributed by atoms with E-state index in [1.807, 2.05) is 0 Å². The maximum atomic E-state index is 11.0. The highest BCUT2D eigenvalue weighted by atomic mass is 16.5. The molecule has 0 radical (unpaired) electrons. The SMILES string of the molecule is CC(C)CCOc1ccc([C@@H](CC(N)=O)CC(=O)O)cc1. The number of benzene rings is 1. The molecule has 0 aliphatic rings. The molecule has 0 spiro atoms. The number of carboxylic acids is 1. The van der Waals surface area contributed by atoms with E-state index in [1.165, 1.54) is 0 Å². The number of rotatable bonds is 9. The molecule has 3 N–H and O–H groups in total. The van der Waals surface area contributed by atoms with Crippen molar-refractivity contribution in [1.82, 2.24) is 0 Å². The summed E-state index contributed by atoms with van der Waals surface area (Å²) in [6, 6.07) is 7.18. The summed E-state index contributed by atoms with van der Waals surface area (Å²) in [7, 11) is 0. The van der Waals surface area contributed by atoms with E-state index in [4.69, 9.17) is 15.6 Å². The van der Waals surface area contributed by atoms with Crippen molar-refractivity contribution in [3.8, 4) is 5.75 Å². The van der Waals surface area contributed by atoms with E-state index in [0.29, 0.717) is 12.5 Å². The fourth-order valence-corrected chi connectivity index (χ4v) is 2.01. The molecule has 0 aromatic heterocycles. The molecule has 0 aliphatic carbocycles. The van der Waals surface area contributed by atoms with E-state index >= 15 is 0 Å². The van der Waals surface area contributed by atoms with Crippen molar-refractivity contribution in [2.75, 3.05) is 6.61 Å². The lowest BCUT2D eigenvalue weighted by molar-refractivity contribution is -0.137. The van der Waals surface area contributed by atoms with E-state index in [2.05, 4.69) is 13.8 Å². The van der Waals surface area contributed by atoms with E-state index in [1.54, 1.807) is 24.3 Å². The lowest BCUT2D eigenvalue weighted by atomic mass is 9.92. The summed E-state index contributed by atoms with van der Waals surface area (Å²) in [5.74, 6) is -0.519. The molecule has 0 unspecified atom stereocenters. The van der Waals surface area contributed by atoms with Gasteiger partial charge in [-0.1, -0.05) is 26.0 Å². The highest BCUT2D eigenvalue weighted by molar-refractivity contribution is 5.76. The average Bonchev–Trinajstić information content (AvgIpc) is 2.37. The number of ether oxygens (including phenoxy) is 1.